The topological polar surface area (TPSA) is 54.9 Å². The average Bonchev–Trinajstić information content (AvgIpc) is 2.74. The summed E-state index contributed by atoms with van der Waals surface area (Å²) < 4.78 is 0. The number of amides is 1. The Labute approximate surface area is 104 Å². The van der Waals surface area contributed by atoms with E-state index in [4.69, 9.17) is 0 Å². The largest absolute Gasteiger partial charge is 0.349 e. The molecule has 0 aromatic carbocycles. The third kappa shape index (κ3) is 3.64. The van der Waals surface area contributed by atoms with E-state index in [0.29, 0.717) is 13.0 Å². The van der Waals surface area contributed by atoms with Gasteiger partial charge in [0.15, 0.2) is 0 Å². The Bertz CT molecular complexity index is 495. The number of pyridine rings is 1. The van der Waals surface area contributed by atoms with E-state index >= 15 is 0 Å². The van der Waals surface area contributed by atoms with Crippen LogP contribution in [0.4, 0.5) is 0 Å². The maximum Gasteiger partial charge on any atom is 0.226 e. The number of hydrogen-bond acceptors (Lipinski definition) is 4. The Kier molecular flexibility index (Phi) is 3.82. The Morgan fingerprint density at radius 2 is 2.35 bits per heavy atom. The van der Waals surface area contributed by atoms with Crippen molar-refractivity contribution in [2.45, 2.75) is 19.9 Å². The van der Waals surface area contributed by atoms with Crippen LogP contribution in [-0.4, -0.2) is 15.9 Å². The minimum atomic E-state index is -0.0310. The van der Waals surface area contributed by atoms with Gasteiger partial charge in [-0.2, -0.15) is 0 Å². The van der Waals surface area contributed by atoms with Crippen LogP contribution in [0.2, 0.25) is 0 Å². The van der Waals surface area contributed by atoms with E-state index in [0.717, 1.165) is 16.4 Å². The van der Waals surface area contributed by atoms with Gasteiger partial charge in [0.25, 0.3) is 0 Å². The highest BCUT2D eigenvalue weighted by molar-refractivity contribution is 7.09. The van der Waals surface area contributed by atoms with E-state index in [2.05, 4.69) is 15.3 Å². The standard InChI is InChI=1S/C12H13N3OS/c1-9-8-17-12(15-9)7-14-11(16)6-10-4-2-3-5-13-10/h2-5,8H,6-7H2,1H3,(H,14,16). The van der Waals surface area contributed by atoms with Crippen molar-refractivity contribution in [1.82, 2.24) is 15.3 Å². The summed E-state index contributed by atoms with van der Waals surface area (Å²) in [5.41, 5.74) is 1.77. The highest BCUT2D eigenvalue weighted by Crippen LogP contribution is 2.07. The summed E-state index contributed by atoms with van der Waals surface area (Å²) in [5.74, 6) is -0.0310. The van der Waals surface area contributed by atoms with Crippen molar-refractivity contribution >= 4 is 17.2 Å². The fourth-order valence-corrected chi connectivity index (χ4v) is 2.10. The molecule has 2 aromatic heterocycles. The van der Waals surface area contributed by atoms with E-state index in [1.165, 1.54) is 0 Å². The molecule has 1 N–H and O–H groups in total. The first kappa shape index (κ1) is 11.7. The van der Waals surface area contributed by atoms with Crippen LogP contribution in [0, 0.1) is 6.92 Å². The predicted octanol–water partition coefficient (Wildman–Crippen LogP) is 1.71. The third-order valence-electron chi connectivity index (χ3n) is 2.17. The van der Waals surface area contributed by atoms with Crippen molar-refractivity contribution < 1.29 is 4.79 Å². The smallest absolute Gasteiger partial charge is 0.226 e. The molecule has 0 aliphatic heterocycles. The van der Waals surface area contributed by atoms with Gasteiger partial charge in [-0.3, -0.25) is 9.78 Å². The number of aryl methyl sites for hydroxylation is 1. The van der Waals surface area contributed by atoms with E-state index in [1.54, 1.807) is 17.5 Å². The lowest BCUT2D eigenvalue weighted by Crippen LogP contribution is -2.24. The molecule has 1 amide bonds. The lowest BCUT2D eigenvalue weighted by molar-refractivity contribution is -0.120. The lowest BCUT2D eigenvalue weighted by atomic mass is 10.2. The van der Waals surface area contributed by atoms with Crippen molar-refractivity contribution in [2.75, 3.05) is 0 Å². The number of aromatic nitrogens is 2. The highest BCUT2D eigenvalue weighted by Gasteiger charge is 2.05. The van der Waals surface area contributed by atoms with Gasteiger partial charge >= 0.3 is 0 Å². The first-order valence-corrected chi connectivity index (χ1v) is 6.19. The van der Waals surface area contributed by atoms with Crippen LogP contribution in [0.5, 0.6) is 0 Å². The molecule has 17 heavy (non-hydrogen) atoms. The molecular weight excluding hydrogens is 234 g/mol. The van der Waals surface area contributed by atoms with Crippen LogP contribution < -0.4 is 5.32 Å². The molecule has 0 aliphatic carbocycles. The molecule has 2 aromatic rings. The van der Waals surface area contributed by atoms with E-state index < -0.39 is 0 Å². The molecule has 0 bridgehead atoms. The maximum atomic E-state index is 11.6. The predicted molar refractivity (Wildman–Crippen MR) is 66.6 cm³/mol. The zero-order chi connectivity index (χ0) is 12.1. The van der Waals surface area contributed by atoms with Gasteiger partial charge in [-0.1, -0.05) is 6.07 Å². The summed E-state index contributed by atoms with van der Waals surface area (Å²) in [6.45, 7) is 2.43. The normalized spacial score (nSPS) is 10.2. The van der Waals surface area contributed by atoms with Gasteiger partial charge in [-0.15, -0.1) is 11.3 Å². The van der Waals surface area contributed by atoms with E-state index in [9.17, 15) is 4.79 Å². The van der Waals surface area contributed by atoms with Gasteiger partial charge in [-0.25, -0.2) is 4.98 Å². The van der Waals surface area contributed by atoms with Crippen LogP contribution in [0.3, 0.4) is 0 Å². The second-order valence-electron chi connectivity index (χ2n) is 3.66. The van der Waals surface area contributed by atoms with Gasteiger partial charge < -0.3 is 5.32 Å². The molecule has 0 aliphatic rings. The zero-order valence-electron chi connectivity index (χ0n) is 9.51. The fraction of sp³-hybridized carbons (Fsp3) is 0.250. The number of nitrogens with zero attached hydrogens (tertiary/aromatic N) is 2. The zero-order valence-corrected chi connectivity index (χ0v) is 10.3. The monoisotopic (exact) mass is 247 g/mol. The second-order valence-corrected chi connectivity index (χ2v) is 4.60. The first-order valence-electron chi connectivity index (χ1n) is 5.31. The number of rotatable bonds is 4. The van der Waals surface area contributed by atoms with Crippen molar-refractivity contribution in [3.8, 4) is 0 Å². The molecule has 0 unspecified atom stereocenters. The Hall–Kier alpha value is -1.75. The summed E-state index contributed by atoms with van der Waals surface area (Å²) in [6.07, 6.45) is 2.00. The number of carbonyl (C=O) groups excluding carboxylic acids is 1. The molecule has 4 nitrogen and oxygen atoms in total. The van der Waals surface area contributed by atoms with Gasteiger partial charge in [0.05, 0.1) is 13.0 Å². The number of thiazole rings is 1. The SMILES string of the molecule is Cc1csc(CNC(=O)Cc2ccccn2)n1. The van der Waals surface area contributed by atoms with Crippen LogP contribution in [0.15, 0.2) is 29.8 Å². The van der Waals surface area contributed by atoms with Gasteiger partial charge in [0, 0.05) is 23.0 Å². The van der Waals surface area contributed by atoms with Gasteiger partial charge in [0.2, 0.25) is 5.91 Å². The molecule has 0 saturated carbocycles. The summed E-state index contributed by atoms with van der Waals surface area (Å²) in [6, 6.07) is 5.55. The van der Waals surface area contributed by atoms with Gasteiger partial charge in [-0.05, 0) is 19.1 Å². The Balaban J connectivity index is 1.82. The van der Waals surface area contributed by atoms with Gasteiger partial charge in [0.1, 0.15) is 5.01 Å². The molecular formula is C12H13N3OS. The molecule has 0 saturated heterocycles. The van der Waals surface area contributed by atoms with Crippen LogP contribution in [0.25, 0.3) is 0 Å². The van der Waals surface area contributed by atoms with Crippen molar-refractivity contribution in [3.05, 3.63) is 46.2 Å². The number of hydrogen-bond donors (Lipinski definition) is 1. The first-order chi connectivity index (χ1) is 8.24. The van der Waals surface area contributed by atoms with E-state index in [1.807, 2.05) is 30.5 Å². The minimum absolute atomic E-state index is 0.0310. The molecule has 88 valence electrons. The van der Waals surface area contributed by atoms with E-state index in [-0.39, 0.29) is 5.91 Å². The number of nitrogens with one attached hydrogen (secondary N) is 1. The maximum absolute atomic E-state index is 11.6. The van der Waals surface area contributed by atoms with Crippen molar-refractivity contribution in [1.29, 1.82) is 0 Å². The average molecular weight is 247 g/mol. The number of carbonyl (C=O) groups is 1. The summed E-state index contributed by atoms with van der Waals surface area (Å²) in [5, 5.41) is 5.73. The lowest BCUT2D eigenvalue weighted by Gasteiger charge is -2.02. The molecule has 5 heteroatoms. The molecule has 0 spiro atoms. The Morgan fingerprint density at radius 1 is 1.47 bits per heavy atom. The summed E-state index contributed by atoms with van der Waals surface area (Å²) in [4.78, 5) is 20.0. The fourth-order valence-electron chi connectivity index (χ4n) is 1.39. The highest BCUT2D eigenvalue weighted by atomic mass is 32.1. The minimum Gasteiger partial charge on any atom is -0.349 e. The van der Waals surface area contributed by atoms with Crippen molar-refractivity contribution in [3.63, 3.8) is 0 Å². The van der Waals surface area contributed by atoms with Crippen LogP contribution in [-0.2, 0) is 17.8 Å². The van der Waals surface area contributed by atoms with Crippen molar-refractivity contribution in [2.24, 2.45) is 0 Å². The molecule has 0 fully saturated rings. The second kappa shape index (κ2) is 5.54. The third-order valence-corrected chi connectivity index (χ3v) is 3.14. The molecule has 2 heterocycles. The molecule has 0 atom stereocenters. The summed E-state index contributed by atoms with van der Waals surface area (Å²) in [7, 11) is 0. The molecule has 2 rings (SSSR count). The Morgan fingerprint density at radius 3 is 3.00 bits per heavy atom. The molecule has 0 radical (unpaired) electrons. The van der Waals surface area contributed by atoms with Crippen LogP contribution in [0.1, 0.15) is 16.4 Å². The van der Waals surface area contributed by atoms with Crippen LogP contribution >= 0.6 is 11.3 Å². The quantitative estimate of drug-likeness (QED) is 0.894. The summed E-state index contributed by atoms with van der Waals surface area (Å²) >= 11 is 1.56.